The molecule has 0 atom stereocenters. The zero-order valence-corrected chi connectivity index (χ0v) is 22.8. The van der Waals surface area contributed by atoms with Crippen molar-refractivity contribution in [3.63, 3.8) is 0 Å². The van der Waals surface area contributed by atoms with E-state index in [9.17, 15) is 30.8 Å². The van der Waals surface area contributed by atoms with E-state index >= 15 is 0 Å². The molecule has 1 heterocycles. The number of pyridine rings is 1. The number of non-ortho nitro benzene ring substituents is 1. The number of nitriles is 2. The minimum absolute atomic E-state index is 0.0496. The van der Waals surface area contributed by atoms with Crippen LogP contribution in [0.5, 0.6) is 17.2 Å². The van der Waals surface area contributed by atoms with Crippen molar-refractivity contribution in [2.75, 3.05) is 12.8 Å². The number of benzene rings is 2. The highest BCUT2D eigenvalue weighted by Gasteiger charge is 2.30. The van der Waals surface area contributed by atoms with Crippen LogP contribution in [0.1, 0.15) is 34.9 Å². The van der Waals surface area contributed by atoms with Crippen molar-refractivity contribution in [2.45, 2.75) is 13.8 Å². The van der Waals surface area contributed by atoms with Crippen LogP contribution in [0.15, 0.2) is 35.9 Å². The molecule has 3 aromatic rings. The van der Waals surface area contributed by atoms with Crippen molar-refractivity contribution in [1.29, 1.82) is 10.5 Å². The van der Waals surface area contributed by atoms with E-state index in [2.05, 4.69) is 17.1 Å². The summed E-state index contributed by atoms with van der Waals surface area (Å²) in [7, 11) is 1.40. The number of aromatic nitrogens is 1. The summed E-state index contributed by atoms with van der Waals surface area (Å²) in [6, 6.07) is 10.7. The van der Waals surface area contributed by atoms with Gasteiger partial charge in [-0.15, -0.1) is 0 Å². The highest BCUT2D eigenvalue weighted by molar-refractivity contribution is 14.1. The van der Waals surface area contributed by atoms with Gasteiger partial charge in [-0.1, -0.05) is 0 Å². The molecule has 0 saturated heterocycles. The Labute approximate surface area is 235 Å². The Balaban J connectivity index is 1.84. The molecule has 1 aliphatic rings. The van der Waals surface area contributed by atoms with Gasteiger partial charge in [-0.3, -0.25) is 20.2 Å². The summed E-state index contributed by atoms with van der Waals surface area (Å²) in [5, 5.41) is 42.0. The van der Waals surface area contributed by atoms with E-state index in [1.807, 2.05) is 28.7 Å². The molecule has 13 heteroatoms. The maximum atomic E-state index is 11.6. The number of nitrogens with two attached hydrogens (primary N) is 1. The molecule has 0 amide bonds. The quantitative estimate of drug-likeness (QED) is 0.193. The number of nitrogens with zero attached hydrogens (tertiary/aromatic N) is 5. The predicted molar refractivity (Wildman–Crippen MR) is 150 cm³/mol. The van der Waals surface area contributed by atoms with Crippen LogP contribution in [0, 0.1) is 53.4 Å². The standard InChI is InChI=1S/C26H17IN6O6/c1-12-16(23-13(2)18(11-29)26(30)31-24(23)17(12)10-28)6-14-7-19(27)25(22(8-14)38-3)39-21-5-4-15(32(34)35)9-20(21)33(36)37/h4-9H,1-3H3,(H2,30,31). The van der Waals surface area contributed by atoms with Gasteiger partial charge in [0, 0.05) is 11.6 Å². The summed E-state index contributed by atoms with van der Waals surface area (Å²) in [5.41, 5.74) is 9.15. The van der Waals surface area contributed by atoms with Gasteiger partial charge in [-0.25, -0.2) is 4.98 Å². The van der Waals surface area contributed by atoms with Gasteiger partial charge in [0.2, 0.25) is 5.75 Å². The Kier molecular flexibility index (Phi) is 7.20. The number of rotatable bonds is 6. The summed E-state index contributed by atoms with van der Waals surface area (Å²) in [6.07, 6.45) is 1.81. The average molecular weight is 636 g/mol. The highest BCUT2D eigenvalue weighted by atomic mass is 127. The second-order valence-electron chi connectivity index (χ2n) is 8.30. The fourth-order valence-corrected chi connectivity index (χ4v) is 4.98. The smallest absolute Gasteiger partial charge is 0.318 e. The molecule has 4 rings (SSSR count). The van der Waals surface area contributed by atoms with Crippen molar-refractivity contribution in [3.8, 4) is 29.4 Å². The number of hydrogen-bond acceptors (Lipinski definition) is 10. The molecule has 12 nitrogen and oxygen atoms in total. The minimum Gasteiger partial charge on any atom is -0.493 e. The fraction of sp³-hybridized carbons (Fsp3) is 0.115. The van der Waals surface area contributed by atoms with Gasteiger partial charge >= 0.3 is 5.69 Å². The predicted octanol–water partition coefficient (Wildman–Crippen LogP) is 5.92. The van der Waals surface area contributed by atoms with E-state index in [1.165, 1.54) is 7.11 Å². The topological polar surface area (TPSA) is 191 Å². The molecule has 1 aliphatic carbocycles. The third kappa shape index (κ3) is 4.71. The molecule has 0 bridgehead atoms. The number of hydrogen-bond donors (Lipinski definition) is 1. The zero-order valence-electron chi connectivity index (χ0n) is 20.6. The maximum Gasteiger partial charge on any atom is 0.318 e. The van der Waals surface area contributed by atoms with Gasteiger partial charge in [-0.05, 0) is 83.0 Å². The fourth-order valence-electron chi connectivity index (χ4n) is 4.24. The Morgan fingerprint density at radius 1 is 1.08 bits per heavy atom. The first-order valence-corrected chi connectivity index (χ1v) is 12.1. The first-order valence-electron chi connectivity index (χ1n) is 11.0. The Bertz CT molecular complexity index is 1750. The molecule has 0 saturated carbocycles. The van der Waals surface area contributed by atoms with Crippen molar-refractivity contribution in [1.82, 2.24) is 4.98 Å². The summed E-state index contributed by atoms with van der Waals surface area (Å²) < 4.78 is 11.9. The first-order chi connectivity index (χ1) is 18.5. The van der Waals surface area contributed by atoms with Crippen LogP contribution in [-0.2, 0) is 0 Å². The first kappa shape index (κ1) is 27.0. The van der Waals surface area contributed by atoms with Crippen LogP contribution in [0.2, 0.25) is 0 Å². The molecule has 0 unspecified atom stereocenters. The molecule has 2 aromatic carbocycles. The monoisotopic (exact) mass is 636 g/mol. The Hall–Kier alpha value is -5.02. The number of nitrogen functional groups attached to an aromatic ring is 1. The molecule has 0 fully saturated rings. The third-order valence-electron chi connectivity index (χ3n) is 6.11. The second-order valence-corrected chi connectivity index (χ2v) is 9.47. The van der Waals surface area contributed by atoms with Gasteiger partial charge in [0.05, 0.1) is 43.4 Å². The van der Waals surface area contributed by atoms with Crippen LogP contribution in [0.4, 0.5) is 17.2 Å². The van der Waals surface area contributed by atoms with E-state index in [-0.39, 0.29) is 28.6 Å². The average Bonchev–Trinajstić information content (AvgIpc) is 3.15. The minimum atomic E-state index is -0.765. The van der Waals surface area contributed by atoms with Gasteiger partial charge in [-0.2, -0.15) is 10.5 Å². The molecular weight excluding hydrogens is 619 g/mol. The molecule has 194 valence electrons. The van der Waals surface area contributed by atoms with Crippen molar-refractivity contribution < 1.29 is 19.3 Å². The summed E-state index contributed by atoms with van der Waals surface area (Å²) >= 11 is 1.99. The summed E-state index contributed by atoms with van der Waals surface area (Å²) in [5.74, 6) is 0.269. The lowest BCUT2D eigenvalue weighted by Crippen LogP contribution is -2.03. The van der Waals surface area contributed by atoms with Gasteiger partial charge < -0.3 is 15.2 Å². The Morgan fingerprint density at radius 3 is 2.38 bits per heavy atom. The van der Waals surface area contributed by atoms with Crippen molar-refractivity contribution >= 4 is 57.0 Å². The third-order valence-corrected chi connectivity index (χ3v) is 6.91. The number of nitro benzene ring substituents is 2. The Morgan fingerprint density at radius 2 is 1.79 bits per heavy atom. The van der Waals surface area contributed by atoms with Gasteiger partial charge in [0.25, 0.3) is 5.69 Å². The van der Waals surface area contributed by atoms with Crippen LogP contribution in [0.3, 0.4) is 0 Å². The number of halogens is 1. The largest absolute Gasteiger partial charge is 0.493 e. The number of fused-ring (bicyclic) bond motifs is 1. The van der Waals surface area contributed by atoms with Crippen LogP contribution in [-0.4, -0.2) is 21.9 Å². The van der Waals surface area contributed by atoms with Crippen molar-refractivity contribution in [3.05, 3.63) is 87.7 Å². The summed E-state index contributed by atoms with van der Waals surface area (Å²) in [6.45, 7) is 3.52. The lowest BCUT2D eigenvalue weighted by molar-refractivity contribution is -0.394. The lowest BCUT2D eigenvalue weighted by Gasteiger charge is -2.14. The van der Waals surface area contributed by atoms with Crippen LogP contribution < -0.4 is 15.2 Å². The van der Waals surface area contributed by atoms with Crippen LogP contribution in [0.25, 0.3) is 17.2 Å². The number of ether oxygens (including phenoxy) is 2. The SMILES string of the molecule is COc1cc(C=C2C(C)=C(C#N)c3nc(N)c(C#N)c(C)c32)cc(I)c1Oc1ccc([N+](=O)[O-])cc1[N+](=O)[O-]. The van der Waals surface area contributed by atoms with E-state index in [1.54, 1.807) is 26.0 Å². The van der Waals surface area contributed by atoms with E-state index in [0.29, 0.717) is 42.7 Å². The maximum absolute atomic E-state index is 11.6. The number of nitro groups is 2. The number of methoxy groups -OCH3 is 1. The molecule has 2 N–H and O–H groups in total. The van der Waals surface area contributed by atoms with E-state index in [4.69, 9.17) is 15.2 Å². The normalized spacial score (nSPS) is 13.0. The molecular formula is C26H17IN6O6. The second kappa shape index (κ2) is 10.4. The van der Waals surface area contributed by atoms with Gasteiger partial charge in [0.1, 0.15) is 18.0 Å². The van der Waals surface area contributed by atoms with E-state index in [0.717, 1.165) is 18.2 Å². The van der Waals surface area contributed by atoms with Crippen molar-refractivity contribution in [2.24, 2.45) is 0 Å². The number of allylic oxidation sites excluding steroid dienone is 3. The lowest BCUT2D eigenvalue weighted by atomic mass is 9.95. The highest BCUT2D eigenvalue weighted by Crippen LogP contribution is 2.46. The summed E-state index contributed by atoms with van der Waals surface area (Å²) in [4.78, 5) is 25.4. The molecule has 0 radical (unpaired) electrons. The number of anilines is 1. The van der Waals surface area contributed by atoms with E-state index < -0.39 is 21.2 Å². The van der Waals surface area contributed by atoms with Crippen LogP contribution >= 0.6 is 22.6 Å². The molecule has 39 heavy (non-hydrogen) atoms. The zero-order chi connectivity index (χ0) is 28.6. The molecule has 0 spiro atoms. The molecule has 1 aromatic heterocycles. The van der Waals surface area contributed by atoms with Gasteiger partial charge in [0.15, 0.2) is 11.5 Å². The molecule has 0 aliphatic heterocycles.